The highest BCUT2D eigenvalue weighted by Gasteiger charge is 2.28. The quantitative estimate of drug-likeness (QED) is 0.885. The topological polar surface area (TPSA) is 66.3 Å². The molecule has 0 aliphatic carbocycles. The SMILES string of the molecule is CCCN(CCO)C(=O)c1snnc1C(C)(C)C. The third-order valence-corrected chi connectivity index (χ3v) is 3.26. The highest BCUT2D eigenvalue weighted by Crippen LogP contribution is 2.26. The summed E-state index contributed by atoms with van der Waals surface area (Å²) in [5, 5.41) is 13.1. The zero-order valence-corrected chi connectivity index (χ0v) is 12.3. The lowest BCUT2D eigenvalue weighted by Crippen LogP contribution is -2.35. The number of hydrogen-bond donors (Lipinski definition) is 1. The second kappa shape index (κ2) is 6.24. The lowest BCUT2D eigenvalue weighted by atomic mass is 9.91. The Bertz CT molecular complexity index is 392. The van der Waals surface area contributed by atoms with Gasteiger partial charge in [-0.25, -0.2) is 0 Å². The second-order valence-electron chi connectivity index (χ2n) is 5.22. The normalized spacial score (nSPS) is 11.6. The van der Waals surface area contributed by atoms with Gasteiger partial charge in [0.15, 0.2) is 0 Å². The minimum Gasteiger partial charge on any atom is -0.395 e. The van der Waals surface area contributed by atoms with Crippen LogP contribution in [0.25, 0.3) is 0 Å². The van der Waals surface area contributed by atoms with Crippen molar-refractivity contribution in [3.05, 3.63) is 10.6 Å². The van der Waals surface area contributed by atoms with Crippen molar-refractivity contribution in [2.75, 3.05) is 19.7 Å². The van der Waals surface area contributed by atoms with Crippen molar-refractivity contribution in [2.24, 2.45) is 0 Å². The maximum absolute atomic E-state index is 12.4. The van der Waals surface area contributed by atoms with Crippen molar-refractivity contribution in [3.63, 3.8) is 0 Å². The fraction of sp³-hybridized carbons (Fsp3) is 0.750. The third kappa shape index (κ3) is 3.49. The maximum atomic E-state index is 12.4. The van der Waals surface area contributed by atoms with Gasteiger partial charge in [-0.2, -0.15) is 0 Å². The molecule has 0 aliphatic rings. The molecule has 0 aliphatic heterocycles. The molecule has 0 atom stereocenters. The zero-order valence-electron chi connectivity index (χ0n) is 11.4. The van der Waals surface area contributed by atoms with Gasteiger partial charge in [-0.3, -0.25) is 4.79 Å². The number of rotatable bonds is 5. The van der Waals surface area contributed by atoms with Crippen LogP contribution in [0.1, 0.15) is 49.5 Å². The van der Waals surface area contributed by atoms with E-state index in [2.05, 4.69) is 9.59 Å². The molecule has 0 saturated heterocycles. The van der Waals surface area contributed by atoms with Crippen LogP contribution in [0.4, 0.5) is 0 Å². The van der Waals surface area contributed by atoms with E-state index in [0.717, 1.165) is 23.6 Å². The molecule has 5 nitrogen and oxygen atoms in total. The van der Waals surface area contributed by atoms with Gasteiger partial charge in [-0.15, -0.1) is 5.10 Å². The minimum atomic E-state index is -0.199. The van der Waals surface area contributed by atoms with Crippen molar-refractivity contribution >= 4 is 17.4 Å². The van der Waals surface area contributed by atoms with Gasteiger partial charge in [-0.05, 0) is 18.0 Å². The maximum Gasteiger partial charge on any atom is 0.267 e. The summed E-state index contributed by atoms with van der Waals surface area (Å²) in [5.41, 5.74) is 0.534. The molecule has 0 saturated carbocycles. The van der Waals surface area contributed by atoms with Crippen LogP contribution in [-0.4, -0.2) is 45.2 Å². The monoisotopic (exact) mass is 271 g/mol. The number of nitrogens with zero attached hydrogens (tertiary/aromatic N) is 3. The Labute approximate surface area is 112 Å². The summed E-state index contributed by atoms with van der Waals surface area (Å²) in [6.45, 7) is 9.01. The first kappa shape index (κ1) is 15.0. The second-order valence-corrected chi connectivity index (χ2v) is 5.97. The molecule has 0 bridgehead atoms. The van der Waals surface area contributed by atoms with Gasteiger partial charge in [0, 0.05) is 18.5 Å². The Balaban J connectivity index is 2.98. The number of carbonyl (C=O) groups is 1. The Kier molecular flexibility index (Phi) is 5.22. The molecule has 6 heteroatoms. The average molecular weight is 271 g/mol. The number of aromatic nitrogens is 2. The molecule has 102 valence electrons. The van der Waals surface area contributed by atoms with Crippen LogP contribution in [0, 0.1) is 0 Å². The zero-order chi connectivity index (χ0) is 13.8. The molecule has 0 radical (unpaired) electrons. The number of amides is 1. The highest BCUT2D eigenvalue weighted by atomic mass is 32.1. The average Bonchev–Trinajstić information content (AvgIpc) is 2.76. The van der Waals surface area contributed by atoms with Gasteiger partial charge >= 0.3 is 0 Å². The number of aliphatic hydroxyl groups excluding tert-OH is 1. The summed E-state index contributed by atoms with van der Waals surface area (Å²) < 4.78 is 3.89. The van der Waals surface area contributed by atoms with Crippen LogP contribution in [-0.2, 0) is 5.41 Å². The molecular formula is C12H21N3O2S. The van der Waals surface area contributed by atoms with E-state index in [-0.39, 0.29) is 17.9 Å². The van der Waals surface area contributed by atoms with Gasteiger partial charge in [0.25, 0.3) is 5.91 Å². The van der Waals surface area contributed by atoms with Crippen LogP contribution in [0.5, 0.6) is 0 Å². The van der Waals surface area contributed by atoms with Crippen molar-refractivity contribution in [1.29, 1.82) is 0 Å². The number of carbonyl (C=O) groups excluding carboxylic acids is 1. The highest BCUT2D eigenvalue weighted by molar-refractivity contribution is 7.08. The third-order valence-electron chi connectivity index (χ3n) is 2.54. The van der Waals surface area contributed by atoms with Crippen molar-refractivity contribution in [3.8, 4) is 0 Å². The van der Waals surface area contributed by atoms with Crippen LogP contribution >= 0.6 is 11.5 Å². The first-order chi connectivity index (χ1) is 8.41. The molecule has 0 unspecified atom stereocenters. The van der Waals surface area contributed by atoms with Crippen molar-refractivity contribution in [1.82, 2.24) is 14.5 Å². The molecule has 0 spiro atoms. The molecule has 1 amide bonds. The standard InChI is InChI=1S/C12H21N3O2S/c1-5-6-15(7-8-16)11(17)9-10(12(2,3)4)13-14-18-9/h16H,5-8H2,1-4H3. The van der Waals surface area contributed by atoms with Gasteiger partial charge < -0.3 is 10.0 Å². The Morgan fingerprint density at radius 1 is 1.39 bits per heavy atom. The Morgan fingerprint density at radius 2 is 2.06 bits per heavy atom. The molecule has 0 fully saturated rings. The van der Waals surface area contributed by atoms with Gasteiger partial charge in [-0.1, -0.05) is 32.2 Å². The van der Waals surface area contributed by atoms with E-state index in [4.69, 9.17) is 5.11 Å². The minimum absolute atomic E-state index is 0.0250. The molecule has 0 aromatic carbocycles. The summed E-state index contributed by atoms with van der Waals surface area (Å²) >= 11 is 1.13. The molecule has 1 heterocycles. The first-order valence-electron chi connectivity index (χ1n) is 6.14. The summed E-state index contributed by atoms with van der Waals surface area (Å²) in [4.78, 5) is 14.6. The summed E-state index contributed by atoms with van der Waals surface area (Å²) in [5.74, 6) is -0.0779. The fourth-order valence-electron chi connectivity index (χ4n) is 1.67. The molecule has 18 heavy (non-hydrogen) atoms. The van der Waals surface area contributed by atoms with E-state index in [0.29, 0.717) is 18.0 Å². The van der Waals surface area contributed by atoms with E-state index in [9.17, 15) is 4.79 Å². The van der Waals surface area contributed by atoms with Gasteiger partial charge in [0.1, 0.15) is 4.88 Å². The predicted molar refractivity (Wildman–Crippen MR) is 71.9 cm³/mol. The molecule has 1 N–H and O–H groups in total. The fourth-order valence-corrected chi connectivity index (χ4v) is 2.52. The van der Waals surface area contributed by atoms with Crippen molar-refractivity contribution < 1.29 is 9.90 Å². The largest absolute Gasteiger partial charge is 0.395 e. The van der Waals surface area contributed by atoms with E-state index < -0.39 is 0 Å². The van der Waals surface area contributed by atoms with E-state index >= 15 is 0 Å². The molecular weight excluding hydrogens is 250 g/mol. The summed E-state index contributed by atoms with van der Waals surface area (Å²) in [6, 6.07) is 0. The van der Waals surface area contributed by atoms with E-state index in [1.807, 2.05) is 27.7 Å². The molecule has 1 aromatic rings. The van der Waals surface area contributed by atoms with E-state index in [1.54, 1.807) is 4.90 Å². The predicted octanol–water partition coefficient (Wildman–Crippen LogP) is 1.68. The smallest absolute Gasteiger partial charge is 0.267 e. The Hall–Kier alpha value is -1.01. The lowest BCUT2D eigenvalue weighted by Gasteiger charge is -2.22. The van der Waals surface area contributed by atoms with Crippen LogP contribution in [0.2, 0.25) is 0 Å². The Morgan fingerprint density at radius 3 is 2.56 bits per heavy atom. The van der Waals surface area contributed by atoms with Gasteiger partial charge in [0.2, 0.25) is 0 Å². The number of aliphatic hydroxyl groups is 1. The van der Waals surface area contributed by atoms with Crippen LogP contribution in [0.15, 0.2) is 0 Å². The number of hydrogen-bond acceptors (Lipinski definition) is 5. The van der Waals surface area contributed by atoms with Crippen LogP contribution in [0.3, 0.4) is 0 Å². The van der Waals surface area contributed by atoms with Crippen LogP contribution < -0.4 is 0 Å². The summed E-state index contributed by atoms with van der Waals surface area (Å²) in [6.07, 6.45) is 0.864. The van der Waals surface area contributed by atoms with Gasteiger partial charge in [0.05, 0.1) is 12.3 Å². The first-order valence-corrected chi connectivity index (χ1v) is 6.92. The van der Waals surface area contributed by atoms with E-state index in [1.165, 1.54) is 0 Å². The molecule has 1 rings (SSSR count). The van der Waals surface area contributed by atoms with Crippen molar-refractivity contribution in [2.45, 2.75) is 39.5 Å². The molecule has 1 aromatic heterocycles. The summed E-state index contributed by atoms with van der Waals surface area (Å²) in [7, 11) is 0. The lowest BCUT2D eigenvalue weighted by molar-refractivity contribution is 0.0724.